The van der Waals surface area contributed by atoms with Crippen LogP contribution < -0.4 is 4.74 Å². The van der Waals surface area contributed by atoms with E-state index in [0.717, 1.165) is 46.6 Å². The molecule has 0 aliphatic carbocycles. The van der Waals surface area contributed by atoms with Crippen LogP contribution in [-0.4, -0.2) is 44.1 Å². The average Bonchev–Trinajstić information content (AvgIpc) is 2.42. The third kappa shape index (κ3) is 4.19. The number of morpholine rings is 1. The quantitative estimate of drug-likeness (QED) is 0.738. The van der Waals surface area contributed by atoms with Gasteiger partial charge < -0.3 is 9.47 Å². The second-order valence-electron chi connectivity index (χ2n) is 4.06. The summed E-state index contributed by atoms with van der Waals surface area (Å²) >= 11 is 7.03. The first kappa shape index (κ1) is 14.8. The first-order chi connectivity index (χ1) is 9.20. The molecule has 0 atom stereocenters. The summed E-state index contributed by atoms with van der Waals surface area (Å²) in [4.78, 5) is 0. The lowest BCUT2D eigenvalue weighted by Gasteiger charge is -2.23. The van der Waals surface area contributed by atoms with Gasteiger partial charge in [0.25, 0.3) is 0 Å². The van der Waals surface area contributed by atoms with E-state index in [9.17, 15) is 0 Å². The minimum Gasteiger partial charge on any atom is -0.492 e. The summed E-state index contributed by atoms with van der Waals surface area (Å²) in [5.41, 5.74) is 1.02. The van der Waals surface area contributed by atoms with Crippen molar-refractivity contribution in [3.05, 3.63) is 26.6 Å². The predicted octanol–water partition coefficient (Wildman–Crippen LogP) is 3.28. The lowest BCUT2D eigenvalue weighted by atomic mass is 10.2. The van der Waals surface area contributed by atoms with Crippen molar-refractivity contribution in [2.24, 2.45) is 5.10 Å². The van der Waals surface area contributed by atoms with E-state index in [0.29, 0.717) is 6.61 Å². The Morgan fingerprint density at radius 1 is 1.32 bits per heavy atom. The van der Waals surface area contributed by atoms with Crippen molar-refractivity contribution >= 4 is 38.1 Å². The second-order valence-corrected chi connectivity index (χ2v) is 5.77. The standard InChI is InChI=1S/C13H16Br2N2O2/c1-2-19-13-11(14)7-10(8-12(13)15)9-16-17-3-5-18-6-4-17/h7-9H,2-6H2,1H3/b16-9-. The van der Waals surface area contributed by atoms with Gasteiger partial charge in [-0.3, -0.25) is 5.01 Å². The Hall–Kier alpha value is -0.590. The Morgan fingerprint density at radius 2 is 1.95 bits per heavy atom. The van der Waals surface area contributed by atoms with Gasteiger partial charge in [0, 0.05) is 0 Å². The largest absolute Gasteiger partial charge is 0.492 e. The molecule has 1 aliphatic heterocycles. The lowest BCUT2D eigenvalue weighted by Crippen LogP contribution is -2.32. The number of hydrogen-bond donors (Lipinski definition) is 0. The molecule has 2 rings (SSSR count). The summed E-state index contributed by atoms with van der Waals surface area (Å²) in [6.07, 6.45) is 1.86. The Bertz CT molecular complexity index is 437. The van der Waals surface area contributed by atoms with E-state index in [2.05, 4.69) is 37.0 Å². The van der Waals surface area contributed by atoms with Gasteiger partial charge in [-0.05, 0) is 56.5 Å². The van der Waals surface area contributed by atoms with Crippen molar-refractivity contribution in [2.75, 3.05) is 32.9 Å². The van der Waals surface area contributed by atoms with Crippen LogP contribution >= 0.6 is 31.9 Å². The number of hydrogen-bond acceptors (Lipinski definition) is 4. The highest BCUT2D eigenvalue weighted by Crippen LogP contribution is 2.34. The maximum Gasteiger partial charge on any atom is 0.147 e. The lowest BCUT2D eigenvalue weighted by molar-refractivity contribution is 0.0397. The van der Waals surface area contributed by atoms with Crippen LogP contribution in [0.2, 0.25) is 0 Å². The van der Waals surface area contributed by atoms with E-state index < -0.39 is 0 Å². The number of rotatable bonds is 4. The molecule has 1 heterocycles. The zero-order valence-electron chi connectivity index (χ0n) is 10.7. The fraction of sp³-hybridized carbons (Fsp3) is 0.462. The highest BCUT2D eigenvalue weighted by atomic mass is 79.9. The summed E-state index contributed by atoms with van der Waals surface area (Å²) in [5.74, 6) is 0.825. The highest BCUT2D eigenvalue weighted by Gasteiger charge is 2.09. The van der Waals surface area contributed by atoms with Gasteiger partial charge in [-0.25, -0.2) is 0 Å². The van der Waals surface area contributed by atoms with Crippen molar-refractivity contribution in [1.82, 2.24) is 5.01 Å². The molecular weight excluding hydrogens is 376 g/mol. The zero-order valence-corrected chi connectivity index (χ0v) is 13.9. The van der Waals surface area contributed by atoms with Gasteiger partial charge >= 0.3 is 0 Å². The minimum atomic E-state index is 0.637. The van der Waals surface area contributed by atoms with Crippen molar-refractivity contribution in [3.63, 3.8) is 0 Å². The summed E-state index contributed by atoms with van der Waals surface area (Å²) in [7, 11) is 0. The van der Waals surface area contributed by atoms with Gasteiger partial charge in [0.05, 0.1) is 48.1 Å². The van der Waals surface area contributed by atoms with Gasteiger partial charge in [0.1, 0.15) is 5.75 Å². The molecule has 6 heteroatoms. The minimum absolute atomic E-state index is 0.637. The van der Waals surface area contributed by atoms with E-state index >= 15 is 0 Å². The van der Waals surface area contributed by atoms with Crippen LogP contribution in [0, 0.1) is 0 Å². The van der Waals surface area contributed by atoms with Crippen molar-refractivity contribution in [2.45, 2.75) is 6.92 Å². The Labute approximate surface area is 130 Å². The van der Waals surface area contributed by atoms with E-state index in [1.165, 1.54) is 0 Å². The van der Waals surface area contributed by atoms with Crippen LogP contribution in [0.3, 0.4) is 0 Å². The van der Waals surface area contributed by atoms with Crippen LogP contribution in [0.5, 0.6) is 5.75 Å². The van der Waals surface area contributed by atoms with Gasteiger partial charge in [-0.1, -0.05) is 0 Å². The maximum absolute atomic E-state index is 5.55. The summed E-state index contributed by atoms with van der Waals surface area (Å²) in [6, 6.07) is 4.00. The maximum atomic E-state index is 5.55. The SMILES string of the molecule is CCOc1c(Br)cc(/C=N\N2CCOCC2)cc1Br. The first-order valence-electron chi connectivity index (χ1n) is 6.19. The van der Waals surface area contributed by atoms with Crippen LogP contribution in [0.4, 0.5) is 0 Å². The number of hydrazone groups is 1. The van der Waals surface area contributed by atoms with Crippen LogP contribution in [0.25, 0.3) is 0 Å². The molecule has 1 saturated heterocycles. The number of ether oxygens (including phenoxy) is 2. The van der Waals surface area contributed by atoms with Crippen molar-refractivity contribution in [1.29, 1.82) is 0 Å². The number of halogens is 2. The van der Waals surface area contributed by atoms with Crippen LogP contribution in [0.15, 0.2) is 26.2 Å². The number of benzene rings is 1. The molecule has 104 valence electrons. The van der Waals surface area contributed by atoms with E-state index in [-0.39, 0.29) is 0 Å². The van der Waals surface area contributed by atoms with Crippen LogP contribution in [-0.2, 0) is 4.74 Å². The normalized spacial score (nSPS) is 16.1. The molecule has 0 bridgehead atoms. The van der Waals surface area contributed by atoms with Gasteiger partial charge in [0.15, 0.2) is 0 Å². The van der Waals surface area contributed by atoms with E-state index in [1.807, 2.05) is 30.3 Å². The van der Waals surface area contributed by atoms with Gasteiger partial charge in [-0.2, -0.15) is 5.10 Å². The highest BCUT2D eigenvalue weighted by molar-refractivity contribution is 9.11. The topological polar surface area (TPSA) is 34.1 Å². The summed E-state index contributed by atoms with van der Waals surface area (Å²) < 4.78 is 12.7. The molecule has 4 nitrogen and oxygen atoms in total. The molecule has 0 unspecified atom stereocenters. The van der Waals surface area contributed by atoms with Crippen LogP contribution in [0.1, 0.15) is 12.5 Å². The molecule has 1 aromatic carbocycles. The summed E-state index contributed by atoms with van der Waals surface area (Å²) in [6.45, 7) is 5.78. The molecule has 0 spiro atoms. The van der Waals surface area contributed by atoms with Gasteiger partial charge in [0.2, 0.25) is 0 Å². The molecule has 1 aliphatic rings. The molecule has 1 aromatic rings. The van der Waals surface area contributed by atoms with Gasteiger partial charge in [-0.15, -0.1) is 0 Å². The third-order valence-corrected chi connectivity index (χ3v) is 3.84. The molecule has 1 fully saturated rings. The monoisotopic (exact) mass is 390 g/mol. The smallest absolute Gasteiger partial charge is 0.147 e. The van der Waals surface area contributed by atoms with E-state index in [4.69, 9.17) is 9.47 Å². The molecule has 19 heavy (non-hydrogen) atoms. The van der Waals surface area contributed by atoms with Crippen molar-refractivity contribution < 1.29 is 9.47 Å². The molecule has 0 saturated carbocycles. The first-order valence-corrected chi connectivity index (χ1v) is 7.78. The number of nitrogens with zero attached hydrogens (tertiary/aromatic N) is 2. The Morgan fingerprint density at radius 3 is 2.53 bits per heavy atom. The fourth-order valence-electron chi connectivity index (χ4n) is 1.75. The summed E-state index contributed by atoms with van der Waals surface area (Å²) in [5, 5.41) is 6.47. The second kappa shape index (κ2) is 7.26. The Kier molecular flexibility index (Phi) is 5.66. The Balaban J connectivity index is 2.10. The molecule has 0 radical (unpaired) electrons. The molecular formula is C13H16Br2N2O2. The zero-order chi connectivity index (χ0) is 13.7. The predicted molar refractivity (Wildman–Crippen MR) is 83.0 cm³/mol. The average molecular weight is 392 g/mol. The fourth-order valence-corrected chi connectivity index (χ4v) is 3.20. The molecule has 0 N–H and O–H groups in total. The van der Waals surface area contributed by atoms with Crippen molar-refractivity contribution in [3.8, 4) is 5.75 Å². The molecule has 0 aromatic heterocycles. The van der Waals surface area contributed by atoms with E-state index in [1.54, 1.807) is 0 Å². The molecule has 0 amide bonds. The third-order valence-electron chi connectivity index (χ3n) is 2.67.